The lowest BCUT2D eigenvalue weighted by Crippen LogP contribution is -2.45. The molecule has 0 spiro atoms. The van der Waals surface area contributed by atoms with Gasteiger partial charge >= 0.3 is 5.97 Å². The first-order chi connectivity index (χ1) is 33.5. The van der Waals surface area contributed by atoms with Crippen molar-refractivity contribution < 1.29 is 24.5 Å². The molecule has 0 radical (unpaired) electrons. The van der Waals surface area contributed by atoms with E-state index in [0.29, 0.717) is 25.9 Å². The number of ether oxygens (including phenoxy) is 1. The number of allylic oxidation sites excluding steroid dienone is 4. The number of nitrogens with one attached hydrogen (secondary N) is 1. The molecule has 0 heterocycles. The van der Waals surface area contributed by atoms with E-state index < -0.39 is 12.1 Å². The van der Waals surface area contributed by atoms with Gasteiger partial charge in [-0.1, -0.05) is 289 Å². The average Bonchev–Trinajstić information content (AvgIpc) is 3.34. The van der Waals surface area contributed by atoms with Crippen molar-refractivity contribution in [3.8, 4) is 0 Å². The van der Waals surface area contributed by atoms with Crippen LogP contribution in [0.5, 0.6) is 0 Å². The summed E-state index contributed by atoms with van der Waals surface area (Å²) in [4.78, 5) is 24.6. The minimum Gasteiger partial charge on any atom is -0.466 e. The summed E-state index contributed by atoms with van der Waals surface area (Å²) in [5.41, 5.74) is 0. The van der Waals surface area contributed by atoms with E-state index in [1.807, 2.05) is 0 Å². The van der Waals surface area contributed by atoms with Gasteiger partial charge in [0.1, 0.15) is 0 Å². The summed E-state index contributed by atoms with van der Waals surface area (Å²) < 4.78 is 5.47. The molecule has 0 saturated heterocycles. The van der Waals surface area contributed by atoms with Gasteiger partial charge in [-0.15, -0.1) is 0 Å². The monoisotopic (exact) mass is 958 g/mol. The van der Waals surface area contributed by atoms with Gasteiger partial charge in [0, 0.05) is 12.8 Å². The molecule has 6 nitrogen and oxygen atoms in total. The number of esters is 1. The van der Waals surface area contributed by atoms with Crippen molar-refractivity contribution in [2.24, 2.45) is 0 Å². The number of carbonyl (C=O) groups excluding carboxylic acids is 2. The summed E-state index contributed by atoms with van der Waals surface area (Å²) in [6, 6.07) is -0.548. The van der Waals surface area contributed by atoms with Gasteiger partial charge in [-0.3, -0.25) is 9.59 Å². The topological polar surface area (TPSA) is 95.9 Å². The van der Waals surface area contributed by atoms with Crippen LogP contribution in [0.15, 0.2) is 24.3 Å². The van der Waals surface area contributed by atoms with E-state index in [1.165, 1.54) is 244 Å². The van der Waals surface area contributed by atoms with Crippen molar-refractivity contribution in [3.63, 3.8) is 0 Å². The van der Waals surface area contributed by atoms with Gasteiger partial charge in [0.25, 0.3) is 0 Å². The van der Waals surface area contributed by atoms with Gasteiger partial charge in [-0.2, -0.15) is 0 Å². The molecule has 0 aromatic carbocycles. The van der Waals surface area contributed by atoms with Gasteiger partial charge in [0.15, 0.2) is 0 Å². The maximum absolute atomic E-state index is 12.5. The normalized spacial score (nSPS) is 12.7. The maximum Gasteiger partial charge on any atom is 0.305 e. The third-order valence-corrected chi connectivity index (χ3v) is 14.3. The Morgan fingerprint density at radius 3 is 1.15 bits per heavy atom. The largest absolute Gasteiger partial charge is 0.466 e. The van der Waals surface area contributed by atoms with Crippen molar-refractivity contribution in [3.05, 3.63) is 24.3 Å². The van der Waals surface area contributed by atoms with Crippen LogP contribution in [-0.2, 0) is 14.3 Å². The van der Waals surface area contributed by atoms with E-state index in [0.717, 1.165) is 57.8 Å². The van der Waals surface area contributed by atoms with Crippen molar-refractivity contribution >= 4 is 11.9 Å². The third-order valence-electron chi connectivity index (χ3n) is 14.3. The Hall–Kier alpha value is -1.66. The van der Waals surface area contributed by atoms with Gasteiger partial charge in [0.2, 0.25) is 5.91 Å². The van der Waals surface area contributed by atoms with E-state index in [1.54, 1.807) is 0 Å². The zero-order chi connectivity index (χ0) is 49.3. The molecule has 402 valence electrons. The minimum absolute atomic E-state index is 0.0101. The summed E-state index contributed by atoms with van der Waals surface area (Å²) in [6.45, 7) is 4.93. The fourth-order valence-electron chi connectivity index (χ4n) is 9.55. The lowest BCUT2D eigenvalue weighted by atomic mass is 10.0. The SMILES string of the molecule is CCCCC/C=C\C/C=C\CCCCCCCC(=O)OCCCCCCCCCCCCCCCCCCC(=O)NC(CO)C(O)CCCCCCCCCCCCCCCCCCCCCC. The highest BCUT2D eigenvalue weighted by atomic mass is 16.5. The summed E-state index contributed by atoms with van der Waals surface area (Å²) in [5.74, 6) is -0.0493. The second kappa shape index (κ2) is 57.9. The molecule has 0 aliphatic carbocycles. The van der Waals surface area contributed by atoms with Crippen LogP contribution in [-0.4, -0.2) is 47.4 Å². The van der Waals surface area contributed by atoms with Crippen LogP contribution in [0, 0.1) is 0 Å². The molecule has 0 aliphatic heterocycles. The molecule has 0 aromatic heterocycles. The molecular formula is C62H119NO5. The van der Waals surface area contributed by atoms with Crippen LogP contribution in [0.2, 0.25) is 0 Å². The van der Waals surface area contributed by atoms with Crippen molar-refractivity contribution in [1.29, 1.82) is 0 Å². The fourth-order valence-corrected chi connectivity index (χ4v) is 9.55. The maximum atomic E-state index is 12.5. The molecular weight excluding hydrogens is 839 g/mol. The third kappa shape index (κ3) is 53.7. The summed E-state index contributed by atoms with van der Waals surface area (Å²) in [7, 11) is 0. The Balaban J connectivity index is 3.43. The van der Waals surface area contributed by atoms with Gasteiger partial charge < -0.3 is 20.3 Å². The number of aliphatic hydroxyl groups is 2. The second-order valence-corrected chi connectivity index (χ2v) is 21.0. The first-order valence-electron chi connectivity index (χ1n) is 30.6. The lowest BCUT2D eigenvalue weighted by Gasteiger charge is -2.22. The number of unbranched alkanes of at least 4 members (excludes halogenated alkanes) is 42. The lowest BCUT2D eigenvalue weighted by molar-refractivity contribution is -0.143. The standard InChI is InChI=1S/C62H119NO5/c1-3-5-7-9-11-13-15-17-19-20-21-22-23-27-30-34-38-42-46-50-54-60(65)59(58-64)63-61(66)55-51-47-43-39-35-31-28-24-25-29-33-37-41-45-49-53-57-68-62(67)56-52-48-44-40-36-32-26-18-16-14-12-10-8-6-4-2/h12,14,18,26,59-60,64-65H,3-11,13,15-17,19-25,27-58H2,1-2H3,(H,63,66)/b14-12-,26-18-. The minimum atomic E-state index is -0.670. The summed E-state index contributed by atoms with van der Waals surface area (Å²) >= 11 is 0. The molecule has 0 saturated carbocycles. The number of carbonyl (C=O) groups is 2. The fraction of sp³-hybridized carbons (Fsp3) is 0.903. The highest BCUT2D eigenvalue weighted by molar-refractivity contribution is 5.76. The van der Waals surface area contributed by atoms with Crippen molar-refractivity contribution in [2.75, 3.05) is 13.2 Å². The average molecular weight is 959 g/mol. The zero-order valence-electron chi connectivity index (χ0n) is 45.9. The van der Waals surface area contributed by atoms with Gasteiger partial charge in [-0.05, 0) is 57.8 Å². The Kier molecular flexibility index (Phi) is 56.5. The summed E-state index contributed by atoms with van der Waals surface area (Å²) in [5, 5.41) is 23.4. The smallest absolute Gasteiger partial charge is 0.305 e. The number of aliphatic hydroxyl groups excluding tert-OH is 2. The van der Waals surface area contributed by atoms with E-state index in [2.05, 4.69) is 43.5 Å². The highest BCUT2D eigenvalue weighted by Gasteiger charge is 2.20. The van der Waals surface area contributed by atoms with Crippen LogP contribution in [0.3, 0.4) is 0 Å². The van der Waals surface area contributed by atoms with Gasteiger partial charge in [-0.25, -0.2) is 0 Å². The molecule has 68 heavy (non-hydrogen) atoms. The van der Waals surface area contributed by atoms with Crippen molar-refractivity contribution in [1.82, 2.24) is 5.32 Å². The molecule has 6 heteroatoms. The Labute approximate surface area is 424 Å². The Morgan fingerprint density at radius 1 is 0.412 bits per heavy atom. The number of hydrogen-bond acceptors (Lipinski definition) is 5. The molecule has 1 amide bonds. The predicted octanol–water partition coefficient (Wildman–Crippen LogP) is 19.0. The molecule has 2 atom stereocenters. The van der Waals surface area contributed by atoms with Crippen LogP contribution >= 0.6 is 0 Å². The molecule has 0 aliphatic rings. The van der Waals surface area contributed by atoms with Crippen LogP contribution < -0.4 is 5.32 Å². The number of rotatable bonds is 57. The van der Waals surface area contributed by atoms with E-state index in [4.69, 9.17) is 4.74 Å². The zero-order valence-corrected chi connectivity index (χ0v) is 45.9. The molecule has 0 aromatic rings. The quantitative estimate of drug-likeness (QED) is 0.0321. The summed E-state index contributed by atoms with van der Waals surface area (Å²) in [6.07, 6.45) is 70.3. The van der Waals surface area contributed by atoms with Gasteiger partial charge in [0.05, 0.1) is 25.4 Å². The number of hydrogen-bond donors (Lipinski definition) is 3. The second-order valence-electron chi connectivity index (χ2n) is 21.0. The molecule has 3 N–H and O–H groups in total. The molecule has 0 fully saturated rings. The molecule has 2 unspecified atom stereocenters. The first kappa shape index (κ1) is 66.3. The van der Waals surface area contributed by atoms with E-state index in [9.17, 15) is 19.8 Å². The highest BCUT2D eigenvalue weighted by Crippen LogP contribution is 2.18. The molecule has 0 rings (SSSR count). The van der Waals surface area contributed by atoms with Crippen LogP contribution in [0.1, 0.15) is 335 Å². The molecule has 0 bridgehead atoms. The van der Waals surface area contributed by atoms with E-state index in [-0.39, 0.29) is 18.5 Å². The number of amides is 1. The van der Waals surface area contributed by atoms with Crippen LogP contribution in [0.25, 0.3) is 0 Å². The van der Waals surface area contributed by atoms with Crippen molar-refractivity contribution in [2.45, 2.75) is 347 Å². The van der Waals surface area contributed by atoms with Crippen LogP contribution in [0.4, 0.5) is 0 Å². The Bertz CT molecular complexity index is 1060. The first-order valence-corrected chi connectivity index (χ1v) is 30.6. The predicted molar refractivity (Wildman–Crippen MR) is 296 cm³/mol. The van der Waals surface area contributed by atoms with E-state index >= 15 is 0 Å². The Morgan fingerprint density at radius 2 is 0.735 bits per heavy atom.